The second-order valence-corrected chi connectivity index (χ2v) is 5.68. The summed E-state index contributed by atoms with van der Waals surface area (Å²) >= 11 is 0. The van der Waals surface area contributed by atoms with Crippen LogP contribution in [-0.4, -0.2) is 42.1 Å². The van der Waals surface area contributed by atoms with Crippen LogP contribution in [0.5, 0.6) is 0 Å². The van der Waals surface area contributed by atoms with Crippen LogP contribution in [0.4, 0.5) is 0 Å². The Morgan fingerprint density at radius 1 is 1.62 bits per heavy atom. The van der Waals surface area contributed by atoms with Crippen molar-refractivity contribution in [3.05, 3.63) is 12.7 Å². The summed E-state index contributed by atoms with van der Waals surface area (Å²) in [5, 5.41) is 0. The Hall–Kier alpha value is -0.880. The van der Waals surface area contributed by atoms with Gasteiger partial charge in [0.25, 0.3) is 10.1 Å². The normalized spacial score (nSPS) is 18.8. The predicted octanol–water partition coefficient (Wildman–Crippen LogP) is 0.933. The lowest BCUT2D eigenvalue weighted by Crippen LogP contribution is -2.09. The SMILES string of the molecule is C=CC(=O)N1CC1C.CC(C)CS(=O)(=O)O. The largest absolute Gasteiger partial charge is 0.333 e. The van der Waals surface area contributed by atoms with Crippen LogP contribution in [0.25, 0.3) is 0 Å². The molecule has 6 heteroatoms. The van der Waals surface area contributed by atoms with Crippen molar-refractivity contribution in [2.24, 2.45) is 5.92 Å². The number of rotatable bonds is 3. The maximum absolute atomic E-state index is 10.6. The molecule has 1 unspecified atom stereocenters. The molecule has 0 aromatic carbocycles. The summed E-state index contributed by atoms with van der Waals surface area (Å²) in [4.78, 5) is 12.3. The molecule has 1 fully saturated rings. The fourth-order valence-electron chi connectivity index (χ4n) is 1.08. The van der Waals surface area contributed by atoms with Crippen molar-refractivity contribution in [1.82, 2.24) is 4.90 Å². The highest BCUT2D eigenvalue weighted by Crippen LogP contribution is 2.15. The van der Waals surface area contributed by atoms with Crippen molar-refractivity contribution >= 4 is 16.0 Å². The maximum Gasteiger partial charge on any atom is 0.265 e. The van der Waals surface area contributed by atoms with Crippen LogP contribution < -0.4 is 0 Å². The third-order valence-electron chi connectivity index (χ3n) is 1.86. The van der Waals surface area contributed by atoms with Gasteiger partial charge in [-0.05, 0) is 18.9 Å². The first-order valence-corrected chi connectivity index (χ1v) is 6.66. The molecule has 1 N–H and O–H groups in total. The highest BCUT2D eigenvalue weighted by atomic mass is 32.2. The Morgan fingerprint density at radius 2 is 2.06 bits per heavy atom. The van der Waals surface area contributed by atoms with Crippen molar-refractivity contribution in [3.8, 4) is 0 Å². The van der Waals surface area contributed by atoms with E-state index in [4.69, 9.17) is 4.55 Å². The van der Waals surface area contributed by atoms with Gasteiger partial charge in [0, 0.05) is 12.6 Å². The number of carbonyl (C=O) groups excluding carboxylic acids is 1. The standard InChI is InChI=1S/C6H9NO.C4H10O3S/c1-3-6(8)7-4-5(7)2;1-4(2)3-8(5,6)7/h3,5H,1,4H2,2H3;4H,3H2,1-2H3,(H,5,6,7). The molecule has 1 atom stereocenters. The third kappa shape index (κ3) is 7.42. The van der Waals surface area contributed by atoms with Gasteiger partial charge in [0.15, 0.2) is 0 Å². The molecule has 94 valence electrons. The Balaban J connectivity index is 0.000000281. The van der Waals surface area contributed by atoms with E-state index in [2.05, 4.69) is 6.58 Å². The summed E-state index contributed by atoms with van der Waals surface area (Å²) in [5.41, 5.74) is 0. The van der Waals surface area contributed by atoms with Crippen LogP contribution in [0.1, 0.15) is 20.8 Å². The van der Waals surface area contributed by atoms with E-state index < -0.39 is 10.1 Å². The first kappa shape index (κ1) is 15.1. The van der Waals surface area contributed by atoms with Crippen LogP contribution >= 0.6 is 0 Å². The van der Waals surface area contributed by atoms with Crippen LogP contribution in [0.3, 0.4) is 0 Å². The molecular weight excluding hydrogens is 230 g/mol. The fraction of sp³-hybridized carbons (Fsp3) is 0.700. The quantitative estimate of drug-likeness (QED) is 0.459. The summed E-state index contributed by atoms with van der Waals surface area (Å²) in [5.74, 6) is -0.0880. The molecule has 0 aromatic rings. The summed E-state index contributed by atoms with van der Waals surface area (Å²) in [6.07, 6.45) is 1.35. The van der Waals surface area contributed by atoms with E-state index >= 15 is 0 Å². The Labute approximate surface area is 96.9 Å². The molecule has 0 aliphatic carbocycles. The number of carbonyl (C=O) groups is 1. The molecule has 1 aliphatic rings. The van der Waals surface area contributed by atoms with E-state index in [9.17, 15) is 13.2 Å². The molecule has 1 aliphatic heterocycles. The molecule has 0 saturated carbocycles. The highest BCUT2D eigenvalue weighted by Gasteiger charge is 2.31. The Morgan fingerprint density at radius 3 is 2.12 bits per heavy atom. The van der Waals surface area contributed by atoms with Gasteiger partial charge in [-0.2, -0.15) is 8.42 Å². The van der Waals surface area contributed by atoms with Gasteiger partial charge in [-0.3, -0.25) is 9.35 Å². The first-order valence-electron chi connectivity index (χ1n) is 5.05. The van der Waals surface area contributed by atoms with Crippen LogP contribution in [-0.2, 0) is 14.9 Å². The van der Waals surface area contributed by atoms with Gasteiger partial charge in [-0.25, -0.2) is 0 Å². The minimum absolute atomic E-state index is 0.00463. The minimum atomic E-state index is -3.72. The zero-order valence-corrected chi connectivity index (χ0v) is 10.7. The van der Waals surface area contributed by atoms with Gasteiger partial charge in [0.05, 0.1) is 5.75 Å². The fourth-order valence-corrected chi connectivity index (χ4v) is 1.93. The van der Waals surface area contributed by atoms with E-state index in [1.165, 1.54) is 6.08 Å². The van der Waals surface area contributed by atoms with Crippen molar-refractivity contribution in [2.75, 3.05) is 12.3 Å². The van der Waals surface area contributed by atoms with E-state index in [0.717, 1.165) is 6.54 Å². The average molecular weight is 249 g/mol. The number of hydrogen-bond acceptors (Lipinski definition) is 3. The Kier molecular flexibility index (Phi) is 5.67. The number of amides is 1. The molecule has 16 heavy (non-hydrogen) atoms. The molecule has 0 spiro atoms. The lowest BCUT2D eigenvalue weighted by molar-refractivity contribution is -0.121. The van der Waals surface area contributed by atoms with Gasteiger partial charge >= 0.3 is 0 Å². The van der Waals surface area contributed by atoms with Gasteiger partial charge in [-0.1, -0.05) is 20.4 Å². The topological polar surface area (TPSA) is 74.5 Å². The molecule has 0 bridgehead atoms. The smallest absolute Gasteiger partial charge is 0.265 e. The molecule has 1 amide bonds. The van der Waals surface area contributed by atoms with Gasteiger partial charge in [-0.15, -0.1) is 0 Å². The molecule has 0 aromatic heterocycles. The average Bonchev–Trinajstić information content (AvgIpc) is 2.78. The van der Waals surface area contributed by atoms with E-state index in [0.29, 0.717) is 6.04 Å². The minimum Gasteiger partial charge on any atom is -0.333 e. The molecule has 1 heterocycles. The molecule has 5 nitrogen and oxygen atoms in total. The van der Waals surface area contributed by atoms with E-state index in [1.807, 2.05) is 6.92 Å². The van der Waals surface area contributed by atoms with Crippen LogP contribution in [0.2, 0.25) is 0 Å². The summed E-state index contributed by atoms with van der Waals surface area (Å²) in [7, 11) is -3.72. The second kappa shape index (κ2) is 6.00. The van der Waals surface area contributed by atoms with E-state index in [-0.39, 0.29) is 17.6 Å². The van der Waals surface area contributed by atoms with Crippen molar-refractivity contribution in [1.29, 1.82) is 0 Å². The summed E-state index contributed by atoms with van der Waals surface area (Å²) in [6.45, 7) is 9.75. The van der Waals surface area contributed by atoms with Crippen molar-refractivity contribution in [2.45, 2.75) is 26.8 Å². The van der Waals surface area contributed by atoms with Gasteiger partial charge < -0.3 is 4.90 Å². The van der Waals surface area contributed by atoms with Crippen LogP contribution in [0, 0.1) is 5.92 Å². The van der Waals surface area contributed by atoms with Crippen LogP contribution in [0.15, 0.2) is 12.7 Å². The molecule has 0 radical (unpaired) electrons. The van der Waals surface area contributed by atoms with Crippen molar-refractivity contribution in [3.63, 3.8) is 0 Å². The van der Waals surface area contributed by atoms with E-state index in [1.54, 1.807) is 18.7 Å². The third-order valence-corrected chi connectivity index (χ3v) is 2.95. The first-order chi connectivity index (χ1) is 7.17. The van der Waals surface area contributed by atoms with Gasteiger partial charge in [0.1, 0.15) is 0 Å². The molecular formula is C10H19NO4S. The predicted molar refractivity (Wildman–Crippen MR) is 62.6 cm³/mol. The molecule has 1 rings (SSSR count). The monoisotopic (exact) mass is 249 g/mol. The molecule has 1 saturated heterocycles. The number of hydrogen-bond donors (Lipinski definition) is 1. The second-order valence-electron chi connectivity index (χ2n) is 4.19. The summed E-state index contributed by atoms with van der Waals surface area (Å²) in [6, 6.07) is 0.459. The summed E-state index contributed by atoms with van der Waals surface area (Å²) < 4.78 is 28.2. The maximum atomic E-state index is 10.6. The highest BCUT2D eigenvalue weighted by molar-refractivity contribution is 7.85. The van der Waals surface area contributed by atoms with Crippen molar-refractivity contribution < 1.29 is 17.8 Å². The number of nitrogens with zero attached hydrogens (tertiary/aromatic N) is 1. The zero-order valence-electron chi connectivity index (χ0n) is 9.88. The zero-order chi connectivity index (χ0) is 12.9. The lowest BCUT2D eigenvalue weighted by atomic mass is 10.3. The lowest BCUT2D eigenvalue weighted by Gasteiger charge is -1.97. The Bertz CT molecular complexity index is 348. The van der Waals surface area contributed by atoms with Gasteiger partial charge in [0.2, 0.25) is 5.91 Å².